The lowest BCUT2D eigenvalue weighted by Gasteiger charge is -2.13. The Hall–Kier alpha value is -0.130. The Morgan fingerprint density at radius 2 is 2.00 bits per heavy atom. The molecule has 1 aliphatic rings. The molecule has 0 bridgehead atoms. The Labute approximate surface area is 99.0 Å². The first-order valence-corrected chi connectivity index (χ1v) is 7.79. The van der Waals surface area contributed by atoms with Gasteiger partial charge in [0, 0.05) is 13.1 Å². The number of nitrogens with two attached hydrogens (primary N) is 1. The molecule has 0 saturated heterocycles. The van der Waals surface area contributed by atoms with E-state index in [1.165, 1.54) is 25.7 Å². The molecule has 96 valence electrons. The van der Waals surface area contributed by atoms with E-state index in [-0.39, 0.29) is 6.54 Å². The summed E-state index contributed by atoms with van der Waals surface area (Å²) in [4.78, 5) is 0. The molecule has 0 aromatic rings. The Morgan fingerprint density at radius 1 is 1.38 bits per heavy atom. The van der Waals surface area contributed by atoms with Gasteiger partial charge in [0.2, 0.25) is 10.0 Å². The summed E-state index contributed by atoms with van der Waals surface area (Å²) in [6.45, 7) is 2.38. The molecule has 1 fully saturated rings. The van der Waals surface area contributed by atoms with E-state index in [9.17, 15) is 8.42 Å². The molecule has 0 aliphatic heterocycles. The van der Waals surface area contributed by atoms with Crippen molar-refractivity contribution < 1.29 is 8.42 Å². The highest BCUT2D eigenvalue weighted by Crippen LogP contribution is 2.28. The van der Waals surface area contributed by atoms with Crippen LogP contribution in [0.1, 0.15) is 45.4 Å². The Bertz CT molecular complexity index is 284. The highest BCUT2D eigenvalue weighted by Gasteiger charge is 2.19. The van der Waals surface area contributed by atoms with Gasteiger partial charge in [0.25, 0.3) is 0 Å². The Morgan fingerprint density at radius 3 is 2.56 bits per heavy atom. The summed E-state index contributed by atoms with van der Waals surface area (Å²) in [7, 11) is -3.18. The third-order valence-electron chi connectivity index (χ3n) is 3.43. The van der Waals surface area contributed by atoms with Crippen molar-refractivity contribution in [1.82, 2.24) is 4.72 Å². The molecule has 1 rings (SSSR count). The number of nitrogens with one attached hydrogen (secondary N) is 1. The van der Waals surface area contributed by atoms with Gasteiger partial charge in [-0.25, -0.2) is 13.1 Å². The Kier molecular flexibility index (Phi) is 5.72. The zero-order valence-electron chi connectivity index (χ0n) is 10.1. The van der Waals surface area contributed by atoms with Crippen molar-refractivity contribution in [1.29, 1.82) is 0 Å². The molecule has 1 unspecified atom stereocenters. The van der Waals surface area contributed by atoms with Crippen LogP contribution in [0, 0.1) is 5.92 Å². The molecule has 0 aromatic carbocycles. The average molecular weight is 248 g/mol. The standard InChI is InChI=1S/C11H24N2O2S/c1-10(9-12)16(14,15)13-8-4-7-11-5-2-3-6-11/h10-11,13H,2-9,12H2,1H3. The van der Waals surface area contributed by atoms with Crippen molar-refractivity contribution in [2.24, 2.45) is 11.7 Å². The summed E-state index contributed by atoms with van der Waals surface area (Å²) in [5.41, 5.74) is 5.34. The minimum absolute atomic E-state index is 0.179. The van der Waals surface area contributed by atoms with E-state index in [0.717, 1.165) is 18.8 Å². The van der Waals surface area contributed by atoms with Gasteiger partial charge in [-0.2, -0.15) is 0 Å². The zero-order valence-corrected chi connectivity index (χ0v) is 10.9. The van der Waals surface area contributed by atoms with Crippen LogP contribution in [0.5, 0.6) is 0 Å². The number of hydrogen-bond acceptors (Lipinski definition) is 3. The van der Waals surface area contributed by atoms with E-state index in [1.54, 1.807) is 6.92 Å². The summed E-state index contributed by atoms with van der Waals surface area (Å²) < 4.78 is 25.8. The van der Waals surface area contributed by atoms with E-state index in [0.29, 0.717) is 6.54 Å². The lowest BCUT2D eigenvalue weighted by molar-refractivity contribution is 0.480. The largest absolute Gasteiger partial charge is 0.329 e. The van der Waals surface area contributed by atoms with Gasteiger partial charge >= 0.3 is 0 Å². The van der Waals surface area contributed by atoms with Crippen LogP contribution in [-0.2, 0) is 10.0 Å². The van der Waals surface area contributed by atoms with Crippen LogP contribution in [0.3, 0.4) is 0 Å². The van der Waals surface area contributed by atoms with Gasteiger partial charge < -0.3 is 5.73 Å². The van der Waals surface area contributed by atoms with Gasteiger partial charge in [-0.1, -0.05) is 25.7 Å². The second kappa shape index (κ2) is 6.57. The quantitative estimate of drug-likeness (QED) is 0.665. The summed E-state index contributed by atoms with van der Waals surface area (Å²) in [5.74, 6) is 0.830. The highest BCUT2D eigenvalue weighted by molar-refractivity contribution is 7.90. The number of sulfonamides is 1. The fourth-order valence-corrected chi connectivity index (χ4v) is 3.14. The first-order valence-electron chi connectivity index (χ1n) is 6.25. The molecule has 1 aliphatic carbocycles. The van der Waals surface area contributed by atoms with Gasteiger partial charge in [-0.15, -0.1) is 0 Å². The third kappa shape index (κ3) is 4.39. The fraction of sp³-hybridized carbons (Fsp3) is 1.00. The first-order chi connectivity index (χ1) is 7.56. The lowest BCUT2D eigenvalue weighted by atomic mass is 10.0. The molecule has 0 radical (unpaired) electrons. The van der Waals surface area contributed by atoms with E-state index in [1.807, 2.05) is 0 Å². The lowest BCUT2D eigenvalue weighted by Crippen LogP contribution is -2.37. The predicted molar refractivity (Wildman–Crippen MR) is 66.6 cm³/mol. The first kappa shape index (κ1) is 13.9. The minimum atomic E-state index is -3.18. The zero-order chi connectivity index (χ0) is 12.0. The van der Waals surface area contributed by atoms with Crippen LogP contribution >= 0.6 is 0 Å². The third-order valence-corrected chi connectivity index (χ3v) is 5.29. The van der Waals surface area contributed by atoms with Crippen LogP contribution in [0.25, 0.3) is 0 Å². The van der Waals surface area contributed by atoms with Crippen molar-refractivity contribution in [2.45, 2.75) is 50.7 Å². The van der Waals surface area contributed by atoms with E-state index >= 15 is 0 Å². The molecule has 1 saturated carbocycles. The molecule has 3 N–H and O–H groups in total. The maximum atomic E-state index is 11.6. The van der Waals surface area contributed by atoms with Crippen molar-refractivity contribution in [3.05, 3.63) is 0 Å². The smallest absolute Gasteiger partial charge is 0.215 e. The van der Waals surface area contributed by atoms with Crippen LogP contribution < -0.4 is 10.5 Å². The van der Waals surface area contributed by atoms with Crippen LogP contribution in [0.4, 0.5) is 0 Å². The van der Waals surface area contributed by atoms with E-state index in [4.69, 9.17) is 5.73 Å². The van der Waals surface area contributed by atoms with E-state index < -0.39 is 15.3 Å². The fourth-order valence-electron chi connectivity index (χ4n) is 2.17. The molecule has 0 aromatic heterocycles. The topological polar surface area (TPSA) is 72.2 Å². The van der Waals surface area contributed by atoms with Gasteiger partial charge in [0.05, 0.1) is 5.25 Å². The van der Waals surface area contributed by atoms with Crippen molar-refractivity contribution in [2.75, 3.05) is 13.1 Å². The van der Waals surface area contributed by atoms with Gasteiger partial charge in [-0.05, 0) is 25.7 Å². The molecule has 1 atom stereocenters. The molecule has 16 heavy (non-hydrogen) atoms. The summed E-state index contributed by atoms with van der Waals surface area (Å²) in [6, 6.07) is 0. The highest BCUT2D eigenvalue weighted by atomic mass is 32.2. The molecule has 0 amide bonds. The minimum Gasteiger partial charge on any atom is -0.329 e. The molecular formula is C11H24N2O2S. The number of rotatable bonds is 7. The monoisotopic (exact) mass is 248 g/mol. The van der Waals surface area contributed by atoms with Gasteiger partial charge in [0.15, 0.2) is 0 Å². The summed E-state index contributed by atoms with van der Waals surface area (Å²) >= 11 is 0. The van der Waals surface area contributed by atoms with Gasteiger partial charge in [-0.3, -0.25) is 0 Å². The molecule has 0 heterocycles. The normalized spacial score (nSPS) is 20.1. The molecule has 0 spiro atoms. The SMILES string of the molecule is CC(CN)S(=O)(=O)NCCCC1CCCC1. The van der Waals surface area contributed by atoms with E-state index in [2.05, 4.69) is 4.72 Å². The maximum absolute atomic E-state index is 11.6. The van der Waals surface area contributed by atoms with Crippen molar-refractivity contribution in [3.63, 3.8) is 0 Å². The Balaban J connectivity index is 2.14. The summed E-state index contributed by atoms with van der Waals surface area (Å²) in [6.07, 6.45) is 7.44. The van der Waals surface area contributed by atoms with Crippen LogP contribution in [-0.4, -0.2) is 26.8 Å². The maximum Gasteiger partial charge on any atom is 0.215 e. The summed E-state index contributed by atoms with van der Waals surface area (Å²) in [5, 5.41) is -0.487. The molecule has 4 nitrogen and oxygen atoms in total. The molecular weight excluding hydrogens is 224 g/mol. The van der Waals surface area contributed by atoms with Crippen LogP contribution in [0.2, 0.25) is 0 Å². The second-order valence-electron chi connectivity index (χ2n) is 4.78. The number of hydrogen-bond donors (Lipinski definition) is 2. The van der Waals surface area contributed by atoms with Crippen molar-refractivity contribution >= 4 is 10.0 Å². The molecule has 5 heteroatoms. The predicted octanol–water partition coefficient (Wildman–Crippen LogP) is 1.22. The van der Waals surface area contributed by atoms with Crippen LogP contribution in [0.15, 0.2) is 0 Å². The van der Waals surface area contributed by atoms with Crippen molar-refractivity contribution in [3.8, 4) is 0 Å². The van der Waals surface area contributed by atoms with Gasteiger partial charge in [0.1, 0.15) is 0 Å². The second-order valence-corrected chi connectivity index (χ2v) is 6.96. The average Bonchev–Trinajstić information content (AvgIpc) is 2.76.